The van der Waals surface area contributed by atoms with Crippen LogP contribution in [0.2, 0.25) is 0 Å². The van der Waals surface area contributed by atoms with E-state index in [1.165, 1.54) is 0 Å². The Morgan fingerprint density at radius 1 is 1.33 bits per heavy atom. The molecular formula is C17H20F2N4O. The summed E-state index contributed by atoms with van der Waals surface area (Å²) in [5, 5.41) is 2.32. The van der Waals surface area contributed by atoms with Gasteiger partial charge in [0.1, 0.15) is 0 Å². The van der Waals surface area contributed by atoms with Crippen molar-refractivity contribution in [2.75, 3.05) is 24.5 Å². The molecular weight excluding hydrogens is 314 g/mol. The Morgan fingerprint density at radius 3 is 2.75 bits per heavy atom. The minimum absolute atomic E-state index is 0.301. The number of alkyl halides is 2. The molecule has 0 aliphatic carbocycles. The molecule has 0 radical (unpaired) electrons. The number of fused-ring (bicyclic) bond motifs is 1. The van der Waals surface area contributed by atoms with E-state index in [4.69, 9.17) is 0 Å². The molecule has 1 aliphatic heterocycles. The topological polar surface area (TPSA) is 58.1 Å². The van der Waals surface area contributed by atoms with Gasteiger partial charge in [0.25, 0.3) is 6.43 Å². The van der Waals surface area contributed by atoms with E-state index in [2.05, 4.69) is 15.3 Å². The first kappa shape index (κ1) is 16.5. The van der Waals surface area contributed by atoms with E-state index in [0.29, 0.717) is 13.0 Å². The van der Waals surface area contributed by atoms with Crippen molar-refractivity contribution in [2.45, 2.75) is 26.2 Å². The SMILES string of the molecule is Cc1nc2ccccc2nc1N1CCCC(C(=O)NCC(F)F)C1. The van der Waals surface area contributed by atoms with Crippen molar-refractivity contribution >= 4 is 22.8 Å². The van der Waals surface area contributed by atoms with Crippen LogP contribution in [0.1, 0.15) is 18.5 Å². The molecule has 1 N–H and O–H groups in total. The van der Waals surface area contributed by atoms with Crippen molar-refractivity contribution in [3.63, 3.8) is 0 Å². The fourth-order valence-electron chi connectivity index (χ4n) is 3.08. The van der Waals surface area contributed by atoms with E-state index in [1.807, 2.05) is 36.1 Å². The maximum atomic E-state index is 12.3. The van der Waals surface area contributed by atoms with Gasteiger partial charge in [0.2, 0.25) is 5.91 Å². The third kappa shape index (κ3) is 3.60. The van der Waals surface area contributed by atoms with Gasteiger partial charge >= 0.3 is 0 Å². The number of benzene rings is 1. The zero-order valence-electron chi connectivity index (χ0n) is 13.5. The lowest BCUT2D eigenvalue weighted by atomic mass is 9.97. The largest absolute Gasteiger partial charge is 0.354 e. The summed E-state index contributed by atoms with van der Waals surface area (Å²) in [5.41, 5.74) is 2.45. The second-order valence-electron chi connectivity index (χ2n) is 6.04. The number of anilines is 1. The molecule has 1 unspecified atom stereocenters. The van der Waals surface area contributed by atoms with Gasteiger partial charge in [-0.2, -0.15) is 0 Å². The second-order valence-corrected chi connectivity index (χ2v) is 6.04. The highest BCUT2D eigenvalue weighted by Crippen LogP contribution is 2.25. The number of piperidine rings is 1. The Bertz CT molecular complexity index is 738. The number of hydrogen-bond donors (Lipinski definition) is 1. The molecule has 0 bridgehead atoms. The standard InChI is InChI=1S/C17H20F2N4O/c1-11-16(22-14-7-3-2-6-13(14)21-11)23-8-4-5-12(10-23)17(24)20-9-15(18)19/h2-3,6-7,12,15H,4-5,8-10H2,1H3,(H,20,24). The number of carbonyl (C=O) groups excluding carboxylic acids is 1. The predicted octanol–water partition coefficient (Wildman–Crippen LogP) is 2.54. The Hall–Kier alpha value is -2.31. The van der Waals surface area contributed by atoms with E-state index >= 15 is 0 Å². The summed E-state index contributed by atoms with van der Waals surface area (Å²) in [6.45, 7) is 2.56. The smallest absolute Gasteiger partial charge is 0.255 e. The molecule has 24 heavy (non-hydrogen) atoms. The number of nitrogens with one attached hydrogen (secondary N) is 1. The van der Waals surface area contributed by atoms with Crippen LogP contribution in [0.3, 0.4) is 0 Å². The van der Waals surface area contributed by atoms with E-state index in [0.717, 1.165) is 35.5 Å². The molecule has 1 aliphatic rings. The summed E-state index contributed by atoms with van der Waals surface area (Å²) in [7, 11) is 0. The van der Waals surface area contributed by atoms with Crippen LogP contribution in [0.25, 0.3) is 11.0 Å². The number of nitrogens with zero attached hydrogens (tertiary/aromatic N) is 3. The number of hydrogen-bond acceptors (Lipinski definition) is 4. The highest BCUT2D eigenvalue weighted by atomic mass is 19.3. The summed E-state index contributed by atoms with van der Waals surface area (Å²) in [6.07, 6.45) is -1.01. The average molecular weight is 334 g/mol. The van der Waals surface area contributed by atoms with Crippen molar-refractivity contribution in [1.82, 2.24) is 15.3 Å². The van der Waals surface area contributed by atoms with Crippen molar-refractivity contribution in [3.8, 4) is 0 Å². The van der Waals surface area contributed by atoms with Gasteiger partial charge in [0.05, 0.1) is 29.2 Å². The van der Waals surface area contributed by atoms with Gasteiger partial charge < -0.3 is 10.2 Å². The minimum atomic E-state index is -2.53. The third-order valence-electron chi connectivity index (χ3n) is 4.24. The summed E-state index contributed by atoms with van der Waals surface area (Å²) in [6, 6.07) is 7.64. The highest BCUT2D eigenvalue weighted by Gasteiger charge is 2.28. The van der Waals surface area contributed by atoms with Crippen molar-refractivity contribution in [2.24, 2.45) is 5.92 Å². The number of aryl methyl sites for hydroxylation is 1. The number of amides is 1. The summed E-state index contributed by atoms with van der Waals surface area (Å²) < 4.78 is 24.5. The van der Waals surface area contributed by atoms with Crippen LogP contribution in [-0.4, -0.2) is 41.9 Å². The Balaban J connectivity index is 1.77. The molecule has 7 heteroatoms. The minimum Gasteiger partial charge on any atom is -0.354 e. The summed E-state index contributed by atoms with van der Waals surface area (Å²) in [5.74, 6) is 0.150. The number of rotatable bonds is 4. The second kappa shape index (κ2) is 7.07. The predicted molar refractivity (Wildman–Crippen MR) is 88.2 cm³/mol. The normalized spacial score (nSPS) is 18.2. The number of carbonyl (C=O) groups is 1. The first-order valence-corrected chi connectivity index (χ1v) is 8.09. The zero-order chi connectivity index (χ0) is 17.1. The van der Waals surface area contributed by atoms with Gasteiger partial charge in [-0.1, -0.05) is 12.1 Å². The van der Waals surface area contributed by atoms with Crippen molar-refractivity contribution in [1.29, 1.82) is 0 Å². The van der Waals surface area contributed by atoms with Gasteiger partial charge in [-0.15, -0.1) is 0 Å². The Kier molecular flexibility index (Phi) is 4.87. The molecule has 128 valence electrons. The third-order valence-corrected chi connectivity index (χ3v) is 4.24. The van der Waals surface area contributed by atoms with E-state index < -0.39 is 13.0 Å². The van der Waals surface area contributed by atoms with Crippen molar-refractivity contribution in [3.05, 3.63) is 30.0 Å². The lowest BCUT2D eigenvalue weighted by Gasteiger charge is -2.33. The van der Waals surface area contributed by atoms with Crippen LogP contribution in [0, 0.1) is 12.8 Å². The molecule has 0 saturated carbocycles. The van der Waals surface area contributed by atoms with Crippen LogP contribution >= 0.6 is 0 Å². The molecule has 2 aromatic rings. The lowest BCUT2D eigenvalue weighted by Crippen LogP contribution is -2.44. The fraction of sp³-hybridized carbons (Fsp3) is 0.471. The average Bonchev–Trinajstić information content (AvgIpc) is 2.59. The number of halogens is 2. The van der Waals surface area contributed by atoms with Gasteiger partial charge in [-0.3, -0.25) is 4.79 Å². The van der Waals surface area contributed by atoms with Crippen LogP contribution in [0.5, 0.6) is 0 Å². The van der Waals surface area contributed by atoms with Gasteiger partial charge in [0.15, 0.2) is 5.82 Å². The monoisotopic (exact) mass is 334 g/mol. The van der Waals surface area contributed by atoms with E-state index in [1.54, 1.807) is 0 Å². The molecule has 1 saturated heterocycles. The van der Waals surface area contributed by atoms with E-state index in [-0.39, 0.29) is 11.8 Å². The Morgan fingerprint density at radius 2 is 2.04 bits per heavy atom. The molecule has 1 amide bonds. The molecule has 5 nitrogen and oxygen atoms in total. The number of aromatic nitrogens is 2. The summed E-state index contributed by atoms with van der Waals surface area (Å²) in [4.78, 5) is 23.4. The van der Waals surface area contributed by atoms with Crippen molar-refractivity contribution < 1.29 is 13.6 Å². The fourth-order valence-corrected chi connectivity index (χ4v) is 3.08. The molecule has 1 aromatic heterocycles. The van der Waals surface area contributed by atoms with Gasteiger partial charge in [-0.25, -0.2) is 18.7 Å². The Labute approximate surface area is 139 Å². The molecule has 0 spiro atoms. The van der Waals surface area contributed by atoms with Gasteiger partial charge in [0, 0.05) is 13.1 Å². The first-order valence-electron chi connectivity index (χ1n) is 8.09. The first-order chi connectivity index (χ1) is 11.5. The molecule has 1 atom stereocenters. The molecule has 2 heterocycles. The number of para-hydroxylation sites is 2. The zero-order valence-corrected chi connectivity index (χ0v) is 13.5. The summed E-state index contributed by atoms with van der Waals surface area (Å²) >= 11 is 0. The molecule has 3 rings (SSSR count). The van der Waals surface area contributed by atoms with Crippen LogP contribution in [0.15, 0.2) is 24.3 Å². The highest BCUT2D eigenvalue weighted by molar-refractivity contribution is 5.80. The van der Waals surface area contributed by atoms with E-state index in [9.17, 15) is 13.6 Å². The lowest BCUT2D eigenvalue weighted by molar-refractivity contribution is -0.125. The van der Waals surface area contributed by atoms with Crippen LogP contribution in [0.4, 0.5) is 14.6 Å². The van der Waals surface area contributed by atoms with Crippen LogP contribution < -0.4 is 10.2 Å². The maximum absolute atomic E-state index is 12.3. The van der Waals surface area contributed by atoms with Crippen LogP contribution in [-0.2, 0) is 4.79 Å². The molecule has 1 aromatic carbocycles. The maximum Gasteiger partial charge on any atom is 0.255 e. The quantitative estimate of drug-likeness (QED) is 0.933. The molecule has 1 fully saturated rings. The van der Waals surface area contributed by atoms with Gasteiger partial charge in [-0.05, 0) is 31.9 Å².